The number of hydrogen-bond donors (Lipinski definition) is 0. The molecule has 1 heterocycles. The summed E-state index contributed by atoms with van der Waals surface area (Å²) in [6, 6.07) is 5.51. The van der Waals surface area contributed by atoms with Gasteiger partial charge in [-0.25, -0.2) is 14.4 Å². The molecule has 0 aliphatic carbocycles. The molecule has 1 unspecified atom stereocenters. The molecule has 134 valence electrons. The molecule has 2 rings (SSSR count). The highest BCUT2D eigenvalue weighted by Gasteiger charge is 2.30. The Balaban J connectivity index is 2.39. The minimum atomic E-state index is -0.921. The van der Waals surface area contributed by atoms with E-state index in [0.717, 1.165) is 11.1 Å². The highest BCUT2D eigenvalue weighted by Crippen LogP contribution is 2.20. The van der Waals surface area contributed by atoms with E-state index in [9.17, 15) is 9.59 Å². The molecule has 0 aliphatic heterocycles. The van der Waals surface area contributed by atoms with Gasteiger partial charge in [0.05, 0.1) is 6.61 Å². The predicted molar refractivity (Wildman–Crippen MR) is 91.3 cm³/mol. The van der Waals surface area contributed by atoms with Crippen LogP contribution in [-0.2, 0) is 16.5 Å². The van der Waals surface area contributed by atoms with Gasteiger partial charge in [-0.15, -0.1) is 0 Å². The van der Waals surface area contributed by atoms with Crippen molar-refractivity contribution in [1.29, 1.82) is 0 Å². The normalized spacial score (nSPS) is 11.7. The minimum Gasteiger partial charge on any atom is -0.435 e. The van der Waals surface area contributed by atoms with E-state index in [0.29, 0.717) is 5.56 Å². The van der Waals surface area contributed by atoms with Crippen LogP contribution < -0.4 is 4.90 Å². The molecule has 0 spiro atoms. The zero-order chi connectivity index (χ0) is 18.6. The van der Waals surface area contributed by atoms with E-state index in [1.54, 1.807) is 27.0 Å². The van der Waals surface area contributed by atoms with E-state index in [4.69, 9.17) is 9.47 Å². The molecule has 1 amide bonds. The van der Waals surface area contributed by atoms with Gasteiger partial charge in [-0.05, 0) is 39.3 Å². The number of amides is 1. The number of hydrogen-bond acceptors (Lipinski definition) is 6. The summed E-state index contributed by atoms with van der Waals surface area (Å²) in [7, 11) is 1.65. The molecular formula is C17H22N4O4. The van der Waals surface area contributed by atoms with Crippen molar-refractivity contribution in [3.8, 4) is 0 Å². The summed E-state index contributed by atoms with van der Waals surface area (Å²) in [5.41, 5.74) is 2.36. The van der Waals surface area contributed by atoms with Crippen molar-refractivity contribution < 1.29 is 19.1 Å². The first kappa shape index (κ1) is 18.4. The fourth-order valence-corrected chi connectivity index (χ4v) is 2.45. The molecule has 1 aromatic carbocycles. The van der Waals surface area contributed by atoms with Gasteiger partial charge >= 0.3 is 6.16 Å². The van der Waals surface area contributed by atoms with Crippen LogP contribution in [0.5, 0.6) is 0 Å². The number of rotatable bonds is 5. The maximum Gasteiger partial charge on any atom is 0.510 e. The van der Waals surface area contributed by atoms with E-state index in [2.05, 4.69) is 10.1 Å². The monoisotopic (exact) mass is 346 g/mol. The van der Waals surface area contributed by atoms with Gasteiger partial charge in [0.1, 0.15) is 6.33 Å². The molecule has 0 saturated carbocycles. The number of aromatic nitrogens is 3. The zero-order valence-corrected chi connectivity index (χ0v) is 15.0. The fraction of sp³-hybridized carbons (Fsp3) is 0.412. The quantitative estimate of drug-likeness (QED) is 0.611. The Kier molecular flexibility index (Phi) is 5.74. The van der Waals surface area contributed by atoms with Crippen molar-refractivity contribution in [1.82, 2.24) is 14.8 Å². The SMILES string of the molecule is CCOC(=O)OC(C)N(C(=O)c1ccc(C)cc1C)c1ncnn1C. The summed E-state index contributed by atoms with van der Waals surface area (Å²) in [4.78, 5) is 30.2. The van der Waals surface area contributed by atoms with Crippen molar-refractivity contribution in [2.45, 2.75) is 33.9 Å². The van der Waals surface area contributed by atoms with Crippen LogP contribution in [0.15, 0.2) is 24.5 Å². The van der Waals surface area contributed by atoms with Gasteiger partial charge in [-0.1, -0.05) is 17.7 Å². The van der Waals surface area contributed by atoms with E-state index >= 15 is 0 Å². The zero-order valence-electron chi connectivity index (χ0n) is 15.0. The van der Waals surface area contributed by atoms with Gasteiger partial charge in [0, 0.05) is 12.6 Å². The van der Waals surface area contributed by atoms with Crippen molar-refractivity contribution in [2.75, 3.05) is 11.5 Å². The Morgan fingerprint density at radius 3 is 2.60 bits per heavy atom. The lowest BCUT2D eigenvalue weighted by Crippen LogP contribution is -2.43. The molecule has 0 bridgehead atoms. The molecule has 25 heavy (non-hydrogen) atoms. The molecule has 1 atom stereocenters. The van der Waals surface area contributed by atoms with Gasteiger partial charge in [-0.2, -0.15) is 10.1 Å². The van der Waals surface area contributed by atoms with Gasteiger partial charge in [0.15, 0.2) is 6.23 Å². The smallest absolute Gasteiger partial charge is 0.435 e. The summed E-state index contributed by atoms with van der Waals surface area (Å²) in [6.07, 6.45) is -0.444. The summed E-state index contributed by atoms with van der Waals surface area (Å²) < 4.78 is 11.4. The van der Waals surface area contributed by atoms with Crippen LogP contribution >= 0.6 is 0 Å². The number of carbonyl (C=O) groups is 2. The van der Waals surface area contributed by atoms with Crippen LogP contribution in [0.3, 0.4) is 0 Å². The third-order valence-electron chi connectivity index (χ3n) is 3.63. The third-order valence-corrected chi connectivity index (χ3v) is 3.63. The van der Waals surface area contributed by atoms with E-state index in [1.165, 1.54) is 15.9 Å². The first-order valence-corrected chi connectivity index (χ1v) is 7.93. The van der Waals surface area contributed by atoms with Crippen LogP contribution in [0.2, 0.25) is 0 Å². The lowest BCUT2D eigenvalue weighted by atomic mass is 10.0. The Labute approximate surface area is 146 Å². The van der Waals surface area contributed by atoms with E-state index in [-0.39, 0.29) is 18.5 Å². The summed E-state index contributed by atoms with van der Waals surface area (Å²) >= 11 is 0. The summed E-state index contributed by atoms with van der Waals surface area (Å²) in [5, 5.41) is 3.99. The van der Waals surface area contributed by atoms with Crippen molar-refractivity contribution in [3.05, 3.63) is 41.2 Å². The Bertz CT molecular complexity index is 772. The van der Waals surface area contributed by atoms with Gasteiger partial charge in [0.25, 0.3) is 5.91 Å². The minimum absolute atomic E-state index is 0.181. The molecule has 0 radical (unpaired) electrons. The average Bonchev–Trinajstić information content (AvgIpc) is 2.93. The van der Waals surface area contributed by atoms with Crippen molar-refractivity contribution >= 4 is 18.0 Å². The number of benzene rings is 1. The molecule has 1 aromatic heterocycles. The van der Waals surface area contributed by atoms with Crippen molar-refractivity contribution in [3.63, 3.8) is 0 Å². The second kappa shape index (κ2) is 7.78. The van der Waals surface area contributed by atoms with Crippen LogP contribution in [0.4, 0.5) is 10.7 Å². The molecular weight excluding hydrogens is 324 g/mol. The second-order valence-corrected chi connectivity index (χ2v) is 5.58. The van der Waals surface area contributed by atoms with Crippen LogP contribution in [-0.4, -0.2) is 39.7 Å². The van der Waals surface area contributed by atoms with E-state index in [1.807, 2.05) is 26.0 Å². The fourth-order valence-electron chi connectivity index (χ4n) is 2.45. The Morgan fingerprint density at radius 1 is 1.32 bits per heavy atom. The predicted octanol–water partition coefficient (Wildman–Crippen LogP) is 2.60. The largest absolute Gasteiger partial charge is 0.510 e. The van der Waals surface area contributed by atoms with Gasteiger partial charge in [-0.3, -0.25) is 4.79 Å². The molecule has 2 aromatic rings. The Morgan fingerprint density at radius 2 is 2.04 bits per heavy atom. The molecule has 8 heteroatoms. The topological polar surface area (TPSA) is 86.6 Å². The van der Waals surface area contributed by atoms with Crippen molar-refractivity contribution in [2.24, 2.45) is 7.05 Å². The first-order chi connectivity index (χ1) is 11.8. The molecule has 0 N–H and O–H groups in total. The maximum atomic E-state index is 13.1. The number of ether oxygens (including phenoxy) is 2. The molecule has 0 aliphatic rings. The standard InChI is InChI=1S/C17H22N4O4/c1-6-24-17(23)25-13(4)21(16-18-10-19-20(16)5)15(22)14-8-7-11(2)9-12(14)3/h7-10,13H,6H2,1-5H3. The number of anilines is 1. The summed E-state index contributed by atoms with van der Waals surface area (Å²) in [6.45, 7) is 7.24. The van der Waals surface area contributed by atoms with Crippen LogP contribution in [0.25, 0.3) is 0 Å². The van der Waals surface area contributed by atoms with Crippen LogP contribution in [0, 0.1) is 13.8 Å². The number of aryl methyl sites for hydroxylation is 3. The van der Waals surface area contributed by atoms with Gasteiger partial charge in [0.2, 0.25) is 5.95 Å². The molecule has 8 nitrogen and oxygen atoms in total. The lowest BCUT2D eigenvalue weighted by molar-refractivity contribution is 0.0301. The highest BCUT2D eigenvalue weighted by atomic mass is 16.7. The van der Waals surface area contributed by atoms with Gasteiger partial charge < -0.3 is 9.47 Å². The van der Waals surface area contributed by atoms with E-state index < -0.39 is 12.4 Å². The molecule has 0 fully saturated rings. The Hall–Kier alpha value is -2.90. The first-order valence-electron chi connectivity index (χ1n) is 7.93. The lowest BCUT2D eigenvalue weighted by Gasteiger charge is -2.27. The average molecular weight is 346 g/mol. The van der Waals surface area contributed by atoms with Crippen LogP contribution in [0.1, 0.15) is 35.3 Å². The second-order valence-electron chi connectivity index (χ2n) is 5.58. The number of nitrogens with zero attached hydrogens (tertiary/aromatic N) is 4. The summed E-state index contributed by atoms with van der Waals surface area (Å²) in [5.74, 6) is -0.0767. The highest BCUT2D eigenvalue weighted by molar-refractivity contribution is 6.06. The number of carbonyl (C=O) groups excluding carboxylic acids is 2. The third kappa shape index (κ3) is 4.14. The molecule has 0 saturated heterocycles. The maximum absolute atomic E-state index is 13.1.